The van der Waals surface area contributed by atoms with Crippen molar-refractivity contribution in [1.82, 2.24) is 0 Å². The Kier molecular flexibility index (Phi) is 3.01. The largest absolute Gasteiger partial charge is 0.370 e. The van der Waals surface area contributed by atoms with E-state index in [0.29, 0.717) is 0 Å². The maximum atomic E-state index is 3.47. The molecule has 72 valence electrons. The van der Waals surface area contributed by atoms with E-state index in [9.17, 15) is 0 Å². The normalized spacial score (nSPS) is 11.5. The van der Waals surface area contributed by atoms with Gasteiger partial charge in [0, 0.05) is 22.7 Å². The molecule has 2 heteroatoms. The zero-order valence-corrected chi connectivity index (χ0v) is 10.2. The molecule has 0 saturated carbocycles. The van der Waals surface area contributed by atoms with Crippen LogP contribution in [0.4, 0.5) is 5.69 Å². The molecule has 1 rings (SSSR count). The fraction of sp³-hybridized carbons (Fsp3) is 0.455. The van der Waals surface area contributed by atoms with Crippen LogP contribution in [0.3, 0.4) is 0 Å². The summed E-state index contributed by atoms with van der Waals surface area (Å²) in [5.41, 5.74) is 1.41. The Morgan fingerprint density at radius 1 is 1.23 bits per heavy atom. The second-order valence-corrected chi connectivity index (χ2v) is 5.13. The lowest BCUT2D eigenvalue weighted by molar-refractivity contribution is 0.538. The number of anilines is 1. The second-order valence-electron chi connectivity index (χ2n) is 4.21. The van der Waals surface area contributed by atoms with Crippen LogP contribution in [0.5, 0.6) is 0 Å². The van der Waals surface area contributed by atoms with Gasteiger partial charge in [-0.3, -0.25) is 0 Å². The van der Waals surface area contributed by atoms with Gasteiger partial charge in [-0.05, 0) is 39.0 Å². The molecule has 1 aromatic rings. The van der Waals surface area contributed by atoms with Crippen molar-refractivity contribution >= 4 is 21.6 Å². The van der Waals surface area contributed by atoms with Crippen molar-refractivity contribution in [2.45, 2.75) is 26.3 Å². The molecule has 0 N–H and O–H groups in total. The van der Waals surface area contributed by atoms with Crippen LogP contribution in [-0.2, 0) is 0 Å². The summed E-state index contributed by atoms with van der Waals surface area (Å²) >= 11 is 3.47. The zero-order chi connectivity index (χ0) is 10.1. The van der Waals surface area contributed by atoms with Crippen LogP contribution in [0.15, 0.2) is 28.7 Å². The highest BCUT2D eigenvalue weighted by Gasteiger charge is 2.16. The predicted molar refractivity (Wildman–Crippen MR) is 62.3 cm³/mol. The molecule has 0 aromatic heterocycles. The maximum Gasteiger partial charge on any atom is 0.0379 e. The third-order valence-corrected chi connectivity index (χ3v) is 2.69. The highest BCUT2D eigenvalue weighted by Crippen LogP contribution is 2.24. The standard InChI is InChI=1S/C11H16BrN/c1-11(2,3)13(4)10-7-5-6-9(12)8-10/h5-8H,1-4H3. The molecule has 0 amide bonds. The van der Waals surface area contributed by atoms with Crippen LogP contribution in [0.1, 0.15) is 20.8 Å². The van der Waals surface area contributed by atoms with Gasteiger partial charge in [0.1, 0.15) is 0 Å². The molecule has 13 heavy (non-hydrogen) atoms. The zero-order valence-electron chi connectivity index (χ0n) is 8.63. The molecule has 0 radical (unpaired) electrons. The number of halogens is 1. The topological polar surface area (TPSA) is 3.24 Å². The molecule has 0 aliphatic heterocycles. The third-order valence-electron chi connectivity index (χ3n) is 2.20. The Balaban J connectivity index is 2.96. The van der Waals surface area contributed by atoms with Crippen LogP contribution in [-0.4, -0.2) is 12.6 Å². The quantitative estimate of drug-likeness (QED) is 0.726. The summed E-state index contributed by atoms with van der Waals surface area (Å²) in [6.07, 6.45) is 0. The molecule has 0 atom stereocenters. The van der Waals surface area contributed by atoms with Crippen molar-refractivity contribution in [3.05, 3.63) is 28.7 Å². The monoisotopic (exact) mass is 241 g/mol. The average molecular weight is 242 g/mol. The number of nitrogens with zero attached hydrogens (tertiary/aromatic N) is 1. The van der Waals surface area contributed by atoms with E-state index >= 15 is 0 Å². The minimum absolute atomic E-state index is 0.167. The average Bonchev–Trinajstić information content (AvgIpc) is 2.01. The molecule has 0 spiro atoms. The summed E-state index contributed by atoms with van der Waals surface area (Å²) in [6, 6.07) is 8.35. The molecule has 0 fully saturated rings. The summed E-state index contributed by atoms with van der Waals surface area (Å²) in [5, 5.41) is 0. The minimum atomic E-state index is 0.167. The van der Waals surface area contributed by atoms with Crippen LogP contribution < -0.4 is 4.90 Å². The second kappa shape index (κ2) is 3.70. The molecule has 0 aliphatic carbocycles. The van der Waals surface area contributed by atoms with Crippen molar-refractivity contribution in [3.8, 4) is 0 Å². The summed E-state index contributed by atoms with van der Waals surface area (Å²) in [7, 11) is 2.11. The molecular formula is C11H16BrN. The molecule has 1 nitrogen and oxygen atoms in total. The van der Waals surface area contributed by atoms with Crippen LogP contribution >= 0.6 is 15.9 Å². The van der Waals surface area contributed by atoms with Gasteiger partial charge < -0.3 is 4.90 Å². The highest BCUT2D eigenvalue weighted by atomic mass is 79.9. The van der Waals surface area contributed by atoms with E-state index in [1.807, 2.05) is 6.07 Å². The summed E-state index contributed by atoms with van der Waals surface area (Å²) < 4.78 is 1.13. The lowest BCUT2D eigenvalue weighted by Crippen LogP contribution is -2.37. The van der Waals surface area contributed by atoms with Gasteiger partial charge in [-0.15, -0.1) is 0 Å². The molecule has 0 saturated heterocycles. The lowest BCUT2D eigenvalue weighted by Gasteiger charge is -2.34. The first-order valence-electron chi connectivity index (χ1n) is 4.40. The van der Waals surface area contributed by atoms with Gasteiger partial charge in [0.25, 0.3) is 0 Å². The number of benzene rings is 1. The summed E-state index contributed by atoms with van der Waals surface area (Å²) in [5.74, 6) is 0. The lowest BCUT2D eigenvalue weighted by atomic mass is 10.1. The molecule has 1 aromatic carbocycles. The van der Waals surface area contributed by atoms with Crippen molar-refractivity contribution in [3.63, 3.8) is 0 Å². The Hall–Kier alpha value is -0.500. The van der Waals surface area contributed by atoms with Gasteiger partial charge in [-0.1, -0.05) is 22.0 Å². The van der Waals surface area contributed by atoms with E-state index in [1.54, 1.807) is 0 Å². The third kappa shape index (κ3) is 2.73. The SMILES string of the molecule is CN(c1cccc(Br)c1)C(C)(C)C. The van der Waals surface area contributed by atoms with Crippen LogP contribution in [0.2, 0.25) is 0 Å². The minimum Gasteiger partial charge on any atom is -0.370 e. The van der Waals surface area contributed by atoms with Crippen molar-refractivity contribution in [2.24, 2.45) is 0 Å². The van der Waals surface area contributed by atoms with Gasteiger partial charge >= 0.3 is 0 Å². The van der Waals surface area contributed by atoms with Crippen molar-refractivity contribution in [2.75, 3.05) is 11.9 Å². The summed E-state index contributed by atoms with van der Waals surface area (Å²) in [4.78, 5) is 2.26. The molecule has 0 unspecified atom stereocenters. The first-order valence-corrected chi connectivity index (χ1v) is 5.20. The Morgan fingerprint density at radius 3 is 2.31 bits per heavy atom. The Bertz CT molecular complexity index is 288. The van der Waals surface area contributed by atoms with Crippen molar-refractivity contribution < 1.29 is 0 Å². The molecule has 0 heterocycles. The van der Waals surface area contributed by atoms with Gasteiger partial charge in [0.05, 0.1) is 0 Å². The Morgan fingerprint density at radius 2 is 1.85 bits per heavy atom. The van der Waals surface area contributed by atoms with E-state index in [0.717, 1.165) is 4.47 Å². The van der Waals surface area contributed by atoms with Crippen molar-refractivity contribution in [1.29, 1.82) is 0 Å². The Labute approximate surface area is 88.9 Å². The van der Waals surface area contributed by atoms with Gasteiger partial charge in [-0.2, -0.15) is 0 Å². The number of rotatable bonds is 1. The van der Waals surface area contributed by atoms with Gasteiger partial charge in [-0.25, -0.2) is 0 Å². The van der Waals surface area contributed by atoms with E-state index < -0.39 is 0 Å². The van der Waals surface area contributed by atoms with Crippen LogP contribution in [0.25, 0.3) is 0 Å². The summed E-state index contributed by atoms with van der Waals surface area (Å²) in [6.45, 7) is 6.61. The van der Waals surface area contributed by atoms with E-state index in [-0.39, 0.29) is 5.54 Å². The highest BCUT2D eigenvalue weighted by molar-refractivity contribution is 9.10. The van der Waals surface area contributed by atoms with Gasteiger partial charge in [0.2, 0.25) is 0 Å². The molecular weight excluding hydrogens is 226 g/mol. The smallest absolute Gasteiger partial charge is 0.0379 e. The van der Waals surface area contributed by atoms with E-state index in [1.165, 1.54) is 5.69 Å². The fourth-order valence-electron chi connectivity index (χ4n) is 1.07. The first kappa shape index (κ1) is 10.6. The molecule has 0 aliphatic rings. The van der Waals surface area contributed by atoms with E-state index in [2.05, 4.69) is 66.8 Å². The van der Waals surface area contributed by atoms with Gasteiger partial charge in [0.15, 0.2) is 0 Å². The first-order chi connectivity index (χ1) is 5.91. The number of hydrogen-bond acceptors (Lipinski definition) is 1. The van der Waals surface area contributed by atoms with E-state index in [4.69, 9.17) is 0 Å². The fourth-order valence-corrected chi connectivity index (χ4v) is 1.46. The number of hydrogen-bond donors (Lipinski definition) is 0. The molecule has 0 bridgehead atoms. The van der Waals surface area contributed by atoms with Crippen LogP contribution in [0, 0.1) is 0 Å². The predicted octanol–water partition coefficient (Wildman–Crippen LogP) is 3.68. The maximum absolute atomic E-state index is 3.47.